The first kappa shape index (κ1) is 14.3. The molecule has 0 aliphatic heterocycles. The molecule has 0 saturated carbocycles. The van der Waals surface area contributed by atoms with Gasteiger partial charge in [-0.2, -0.15) is 11.3 Å². The predicted octanol–water partition coefficient (Wildman–Crippen LogP) is 5.16. The molecule has 0 fully saturated rings. The Hall–Kier alpha value is -1.12. The van der Waals surface area contributed by atoms with Crippen molar-refractivity contribution in [3.8, 4) is 0 Å². The summed E-state index contributed by atoms with van der Waals surface area (Å²) in [7, 11) is 0. The summed E-state index contributed by atoms with van der Waals surface area (Å²) in [6.45, 7) is 3.23. The molecule has 1 atom stereocenters. The second-order valence-corrected chi connectivity index (χ2v) is 5.75. The van der Waals surface area contributed by atoms with Crippen LogP contribution < -0.4 is 5.32 Å². The van der Waals surface area contributed by atoms with E-state index in [0.717, 1.165) is 6.54 Å². The van der Waals surface area contributed by atoms with Crippen molar-refractivity contribution in [3.05, 3.63) is 58.3 Å². The van der Waals surface area contributed by atoms with E-state index in [1.807, 2.05) is 0 Å². The van der Waals surface area contributed by atoms with Crippen molar-refractivity contribution in [2.45, 2.75) is 45.2 Å². The monoisotopic (exact) mass is 273 g/mol. The molecule has 2 rings (SSSR count). The van der Waals surface area contributed by atoms with Gasteiger partial charge < -0.3 is 5.32 Å². The molecule has 1 heterocycles. The number of hydrogen-bond donors (Lipinski definition) is 1. The number of nitrogens with one attached hydrogen (secondary N) is 1. The average molecular weight is 273 g/mol. The quantitative estimate of drug-likeness (QED) is 0.655. The summed E-state index contributed by atoms with van der Waals surface area (Å²) in [5.41, 5.74) is 2.80. The molecule has 0 aliphatic carbocycles. The topological polar surface area (TPSA) is 12.0 Å². The molecule has 1 N–H and O–H groups in total. The Labute approximate surface area is 120 Å². The highest BCUT2D eigenvalue weighted by atomic mass is 32.1. The SMILES string of the molecule is CCCCCC(NCc1ccsc1)c1ccccc1. The average Bonchev–Trinajstić information content (AvgIpc) is 2.97. The molecule has 0 amide bonds. The van der Waals surface area contributed by atoms with Gasteiger partial charge in [-0.05, 0) is 34.4 Å². The third-order valence-electron chi connectivity index (χ3n) is 3.43. The summed E-state index contributed by atoms with van der Waals surface area (Å²) in [4.78, 5) is 0. The van der Waals surface area contributed by atoms with Crippen molar-refractivity contribution in [3.63, 3.8) is 0 Å². The molecule has 19 heavy (non-hydrogen) atoms. The van der Waals surface area contributed by atoms with Crippen molar-refractivity contribution in [2.24, 2.45) is 0 Å². The third kappa shape index (κ3) is 4.81. The number of rotatable bonds is 8. The van der Waals surface area contributed by atoms with Crippen molar-refractivity contribution in [1.29, 1.82) is 0 Å². The number of thiophene rings is 1. The lowest BCUT2D eigenvalue weighted by Crippen LogP contribution is -2.20. The molecule has 1 aromatic carbocycles. The minimum atomic E-state index is 0.479. The van der Waals surface area contributed by atoms with Crippen LogP contribution in [0.4, 0.5) is 0 Å². The fourth-order valence-electron chi connectivity index (χ4n) is 2.30. The van der Waals surface area contributed by atoms with Crippen LogP contribution in [-0.2, 0) is 6.54 Å². The molecule has 2 aromatic rings. The fraction of sp³-hybridized carbons (Fsp3) is 0.412. The second kappa shape index (κ2) is 8.13. The summed E-state index contributed by atoms with van der Waals surface area (Å²) >= 11 is 1.77. The van der Waals surface area contributed by atoms with Gasteiger partial charge in [0.25, 0.3) is 0 Å². The van der Waals surface area contributed by atoms with E-state index in [9.17, 15) is 0 Å². The molecule has 0 bridgehead atoms. The van der Waals surface area contributed by atoms with Gasteiger partial charge in [0.2, 0.25) is 0 Å². The zero-order chi connectivity index (χ0) is 13.3. The maximum absolute atomic E-state index is 3.70. The van der Waals surface area contributed by atoms with Crippen LogP contribution in [-0.4, -0.2) is 0 Å². The van der Waals surface area contributed by atoms with Crippen LogP contribution in [0.15, 0.2) is 47.2 Å². The van der Waals surface area contributed by atoms with E-state index in [0.29, 0.717) is 6.04 Å². The minimum Gasteiger partial charge on any atom is -0.306 e. The molecular weight excluding hydrogens is 250 g/mol. The second-order valence-electron chi connectivity index (χ2n) is 4.97. The highest BCUT2D eigenvalue weighted by molar-refractivity contribution is 7.07. The molecular formula is C17H23NS. The van der Waals surface area contributed by atoms with Gasteiger partial charge in [0.05, 0.1) is 0 Å². The molecule has 0 aliphatic rings. The Kier molecular flexibility index (Phi) is 6.12. The molecule has 1 unspecified atom stereocenters. The highest BCUT2D eigenvalue weighted by Gasteiger charge is 2.10. The van der Waals surface area contributed by atoms with Crippen molar-refractivity contribution >= 4 is 11.3 Å². The van der Waals surface area contributed by atoms with Gasteiger partial charge in [-0.15, -0.1) is 0 Å². The van der Waals surface area contributed by atoms with E-state index in [1.165, 1.54) is 36.8 Å². The molecule has 2 heteroatoms. The van der Waals surface area contributed by atoms with Crippen LogP contribution in [0.1, 0.15) is 49.8 Å². The molecule has 1 nitrogen and oxygen atoms in total. The molecule has 0 radical (unpaired) electrons. The first-order valence-electron chi connectivity index (χ1n) is 7.19. The maximum atomic E-state index is 3.70. The van der Waals surface area contributed by atoms with Crippen LogP contribution in [0.2, 0.25) is 0 Å². The van der Waals surface area contributed by atoms with E-state index in [2.05, 4.69) is 59.4 Å². The Morgan fingerprint density at radius 2 is 1.95 bits per heavy atom. The predicted molar refractivity (Wildman–Crippen MR) is 84.5 cm³/mol. The summed E-state index contributed by atoms with van der Waals surface area (Å²) in [6.07, 6.45) is 5.13. The standard InChI is InChI=1S/C17H23NS/c1-2-3-5-10-17(16-8-6-4-7-9-16)18-13-15-11-12-19-14-15/h4,6-9,11-12,14,17-18H,2-3,5,10,13H2,1H3. The highest BCUT2D eigenvalue weighted by Crippen LogP contribution is 2.20. The van der Waals surface area contributed by atoms with Crippen LogP contribution in [0.5, 0.6) is 0 Å². The summed E-state index contributed by atoms with van der Waals surface area (Å²) in [5, 5.41) is 8.07. The van der Waals surface area contributed by atoms with Crippen LogP contribution in [0.25, 0.3) is 0 Å². The van der Waals surface area contributed by atoms with Crippen LogP contribution in [0, 0.1) is 0 Å². The van der Waals surface area contributed by atoms with E-state index in [4.69, 9.17) is 0 Å². The van der Waals surface area contributed by atoms with E-state index >= 15 is 0 Å². The molecule has 1 aromatic heterocycles. The van der Waals surface area contributed by atoms with Crippen LogP contribution >= 0.6 is 11.3 Å². The lowest BCUT2D eigenvalue weighted by atomic mass is 10.0. The zero-order valence-electron chi connectivity index (χ0n) is 11.6. The Morgan fingerprint density at radius 1 is 1.11 bits per heavy atom. The fourth-order valence-corrected chi connectivity index (χ4v) is 2.97. The first-order valence-corrected chi connectivity index (χ1v) is 8.14. The summed E-state index contributed by atoms with van der Waals surface area (Å²) in [6, 6.07) is 13.5. The molecule has 0 saturated heterocycles. The third-order valence-corrected chi connectivity index (χ3v) is 4.16. The number of unbranched alkanes of at least 4 members (excludes halogenated alkanes) is 2. The smallest absolute Gasteiger partial charge is 0.0323 e. The Morgan fingerprint density at radius 3 is 2.63 bits per heavy atom. The van der Waals surface area contributed by atoms with Crippen molar-refractivity contribution in [1.82, 2.24) is 5.32 Å². The van der Waals surface area contributed by atoms with Gasteiger partial charge in [-0.25, -0.2) is 0 Å². The van der Waals surface area contributed by atoms with Crippen molar-refractivity contribution < 1.29 is 0 Å². The van der Waals surface area contributed by atoms with E-state index in [-0.39, 0.29) is 0 Å². The number of benzene rings is 1. The lowest BCUT2D eigenvalue weighted by molar-refractivity contribution is 0.474. The van der Waals surface area contributed by atoms with E-state index in [1.54, 1.807) is 11.3 Å². The normalized spacial score (nSPS) is 12.5. The Bertz CT molecular complexity index is 436. The van der Waals surface area contributed by atoms with Gasteiger partial charge >= 0.3 is 0 Å². The number of hydrogen-bond acceptors (Lipinski definition) is 2. The molecule has 0 spiro atoms. The summed E-state index contributed by atoms with van der Waals surface area (Å²) < 4.78 is 0. The van der Waals surface area contributed by atoms with Gasteiger partial charge in [0, 0.05) is 12.6 Å². The Balaban J connectivity index is 1.93. The van der Waals surface area contributed by atoms with E-state index < -0.39 is 0 Å². The molecule has 102 valence electrons. The van der Waals surface area contributed by atoms with Gasteiger partial charge in [0.15, 0.2) is 0 Å². The first-order chi connectivity index (χ1) is 9.40. The maximum Gasteiger partial charge on any atom is 0.0323 e. The van der Waals surface area contributed by atoms with Crippen LogP contribution in [0.3, 0.4) is 0 Å². The van der Waals surface area contributed by atoms with Crippen molar-refractivity contribution in [2.75, 3.05) is 0 Å². The largest absolute Gasteiger partial charge is 0.306 e. The van der Waals surface area contributed by atoms with Gasteiger partial charge in [-0.3, -0.25) is 0 Å². The minimum absolute atomic E-state index is 0.479. The van der Waals surface area contributed by atoms with Gasteiger partial charge in [-0.1, -0.05) is 56.5 Å². The lowest BCUT2D eigenvalue weighted by Gasteiger charge is -2.19. The van der Waals surface area contributed by atoms with Gasteiger partial charge in [0.1, 0.15) is 0 Å². The zero-order valence-corrected chi connectivity index (χ0v) is 12.5. The summed E-state index contributed by atoms with van der Waals surface area (Å²) in [5.74, 6) is 0.